The molecule has 0 aliphatic rings. The van der Waals surface area contributed by atoms with Gasteiger partial charge in [0.25, 0.3) is 6.43 Å². The highest BCUT2D eigenvalue weighted by molar-refractivity contribution is 5.88. The minimum atomic E-state index is -2.85. The number of nitrogens with one attached hydrogen (secondary N) is 1. The van der Waals surface area contributed by atoms with Gasteiger partial charge in [0.1, 0.15) is 11.3 Å². The summed E-state index contributed by atoms with van der Waals surface area (Å²) in [7, 11) is 3.04. The summed E-state index contributed by atoms with van der Waals surface area (Å²) in [4.78, 5) is 15.2. The number of hydroxylamine groups is 1. The number of rotatable bonds is 7. The predicted molar refractivity (Wildman–Crippen MR) is 108 cm³/mol. The Morgan fingerprint density at radius 3 is 2.28 bits per heavy atom. The molecule has 2 aromatic rings. The number of aromatic carboxylic acids is 1. The molecular formula is C21H31F2N3O3. The highest BCUT2D eigenvalue weighted by Crippen LogP contribution is 2.23. The number of carboxylic acids is 1. The van der Waals surface area contributed by atoms with Crippen LogP contribution in [0.5, 0.6) is 0 Å². The van der Waals surface area contributed by atoms with Crippen LogP contribution in [0.25, 0.3) is 0 Å². The lowest BCUT2D eigenvalue weighted by Crippen LogP contribution is -2.21. The molecule has 8 heteroatoms. The lowest BCUT2D eigenvalue weighted by molar-refractivity contribution is 0.0684. The van der Waals surface area contributed by atoms with Gasteiger partial charge in [-0.25, -0.2) is 19.1 Å². The van der Waals surface area contributed by atoms with E-state index in [0.29, 0.717) is 5.92 Å². The summed E-state index contributed by atoms with van der Waals surface area (Å²) in [5, 5.41) is 11.8. The first-order chi connectivity index (χ1) is 13.5. The first kappa shape index (κ1) is 24.7. The maximum atomic E-state index is 12.1. The second kappa shape index (κ2) is 11.0. The average Bonchev–Trinajstić information content (AvgIpc) is 3.03. The van der Waals surface area contributed by atoms with E-state index in [4.69, 9.17) is 9.94 Å². The van der Waals surface area contributed by atoms with Gasteiger partial charge in [0.2, 0.25) is 0 Å². The quantitative estimate of drug-likeness (QED) is 0.662. The fourth-order valence-electron chi connectivity index (χ4n) is 2.67. The van der Waals surface area contributed by atoms with Crippen molar-refractivity contribution in [3.05, 3.63) is 52.8 Å². The van der Waals surface area contributed by atoms with Crippen molar-refractivity contribution in [3.8, 4) is 0 Å². The summed E-state index contributed by atoms with van der Waals surface area (Å²) in [5.74, 6) is -0.811. The minimum Gasteiger partial charge on any atom is -0.478 e. The zero-order valence-electron chi connectivity index (χ0n) is 17.9. The second-order valence-corrected chi connectivity index (χ2v) is 8.02. The molecule has 1 aromatic carbocycles. The van der Waals surface area contributed by atoms with Crippen LogP contribution in [0, 0.1) is 5.92 Å². The zero-order chi connectivity index (χ0) is 22.2. The van der Waals surface area contributed by atoms with E-state index >= 15 is 0 Å². The Kier molecular flexibility index (Phi) is 9.39. The number of hydrogen-bond acceptors (Lipinski definition) is 4. The van der Waals surface area contributed by atoms with Crippen LogP contribution >= 0.6 is 0 Å². The van der Waals surface area contributed by atoms with Crippen LogP contribution in [0.3, 0.4) is 0 Å². The second-order valence-electron chi connectivity index (χ2n) is 8.02. The van der Waals surface area contributed by atoms with Crippen molar-refractivity contribution in [2.75, 3.05) is 13.7 Å². The number of carboxylic acid groups (broad SMARTS) is 1. The lowest BCUT2D eigenvalue weighted by Gasteiger charge is -2.19. The van der Waals surface area contributed by atoms with Crippen LogP contribution in [-0.4, -0.2) is 34.5 Å². The molecule has 1 aromatic heterocycles. The number of carbonyl (C=O) groups is 1. The first-order valence-electron chi connectivity index (χ1n) is 9.36. The van der Waals surface area contributed by atoms with Crippen molar-refractivity contribution in [2.45, 2.75) is 46.0 Å². The average molecular weight is 411 g/mol. The van der Waals surface area contributed by atoms with E-state index in [2.05, 4.69) is 62.5 Å². The van der Waals surface area contributed by atoms with Crippen LogP contribution in [0.1, 0.15) is 61.3 Å². The number of aryl methyl sites for hydroxylation is 1. The van der Waals surface area contributed by atoms with Gasteiger partial charge in [0.05, 0.1) is 7.11 Å². The molecule has 2 N–H and O–H groups in total. The molecule has 0 saturated heterocycles. The summed E-state index contributed by atoms with van der Waals surface area (Å²) >= 11 is 0. The maximum absolute atomic E-state index is 12.1. The molecule has 0 radical (unpaired) electrons. The number of nitrogens with zero attached hydrogens (tertiary/aromatic N) is 2. The summed E-state index contributed by atoms with van der Waals surface area (Å²) in [6, 6.07) is 8.96. The van der Waals surface area contributed by atoms with E-state index in [1.807, 2.05) is 0 Å². The molecule has 2 rings (SSSR count). The van der Waals surface area contributed by atoms with E-state index in [1.165, 1.54) is 18.2 Å². The Morgan fingerprint density at radius 1 is 1.28 bits per heavy atom. The molecule has 0 aliphatic carbocycles. The fourth-order valence-corrected chi connectivity index (χ4v) is 2.67. The van der Waals surface area contributed by atoms with E-state index in [0.717, 1.165) is 23.8 Å². The smallest absolute Gasteiger partial charge is 0.339 e. The summed E-state index contributed by atoms with van der Waals surface area (Å²) < 4.78 is 25.2. The lowest BCUT2D eigenvalue weighted by atomic mass is 9.86. The molecule has 0 amide bonds. The van der Waals surface area contributed by atoms with E-state index in [1.54, 1.807) is 7.11 Å². The van der Waals surface area contributed by atoms with Crippen molar-refractivity contribution in [2.24, 2.45) is 13.0 Å². The van der Waals surface area contributed by atoms with Gasteiger partial charge in [-0.15, -0.1) is 0 Å². The molecule has 6 nitrogen and oxygen atoms in total. The molecule has 0 saturated carbocycles. The molecule has 1 atom stereocenters. The number of benzene rings is 1. The Hall–Kier alpha value is -2.32. The first-order valence-corrected chi connectivity index (χ1v) is 9.36. The molecular weight excluding hydrogens is 380 g/mol. The van der Waals surface area contributed by atoms with Crippen molar-refractivity contribution in [1.29, 1.82) is 0 Å². The Balaban J connectivity index is 0.000000308. The maximum Gasteiger partial charge on any atom is 0.339 e. The minimum absolute atomic E-state index is 0.238. The number of hydrogen-bond donors (Lipinski definition) is 2. The summed E-state index contributed by atoms with van der Waals surface area (Å²) in [5.41, 5.74) is 4.79. The van der Waals surface area contributed by atoms with Gasteiger partial charge >= 0.3 is 5.97 Å². The third kappa shape index (κ3) is 8.29. The van der Waals surface area contributed by atoms with Crippen LogP contribution in [0.15, 0.2) is 30.5 Å². The Morgan fingerprint density at radius 2 is 1.86 bits per heavy atom. The highest BCUT2D eigenvalue weighted by atomic mass is 19.3. The third-order valence-corrected chi connectivity index (χ3v) is 4.27. The van der Waals surface area contributed by atoms with Crippen LogP contribution in [-0.2, 0) is 23.7 Å². The zero-order valence-corrected chi connectivity index (χ0v) is 17.9. The van der Waals surface area contributed by atoms with Gasteiger partial charge in [-0.2, -0.15) is 5.10 Å². The topological polar surface area (TPSA) is 76.4 Å². The monoisotopic (exact) mass is 411 g/mol. The molecule has 0 bridgehead atoms. The number of aromatic nitrogens is 2. The molecule has 0 aliphatic heterocycles. The number of alkyl halides is 2. The fraction of sp³-hybridized carbons (Fsp3) is 0.524. The van der Waals surface area contributed by atoms with E-state index in [9.17, 15) is 13.6 Å². The predicted octanol–water partition coefficient (Wildman–Crippen LogP) is 4.37. The molecule has 29 heavy (non-hydrogen) atoms. The highest BCUT2D eigenvalue weighted by Gasteiger charge is 2.21. The van der Waals surface area contributed by atoms with Gasteiger partial charge < -0.3 is 9.94 Å². The summed E-state index contributed by atoms with van der Waals surface area (Å²) in [6.45, 7) is 9.84. The van der Waals surface area contributed by atoms with Gasteiger partial charge in [-0.1, -0.05) is 52.0 Å². The van der Waals surface area contributed by atoms with Crippen LogP contribution < -0.4 is 5.48 Å². The van der Waals surface area contributed by atoms with Crippen LogP contribution in [0.2, 0.25) is 0 Å². The number of halogens is 2. The van der Waals surface area contributed by atoms with Gasteiger partial charge in [-0.05, 0) is 28.9 Å². The molecule has 1 heterocycles. The molecule has 162 valence electrons. The van der Waals surface area contributed by atoms with Crippen molar-refractivity contribution in [3.63, 3.8) is 0 Å². The Bertz CT molecular complexity index is 768. The normalized spacial score (nSPS) is 12.4. The standard InChI is InChI=1S/C15H25NO.C6H6F2N2O2/c1-12(11-16-17-5)10-13-6-8-14(9-7-13)15(2,3)4;1-10-2-3(6(11)12)4(9-10)5(7)8/h6-9,12,16H,10-11H2,1-5H3;2,5H,1H3,(H,11,12). The van der Waals surface area contributed by atoms with Crippen molar-refractivity contribution < 1.29 is 23.5 Å². The molecule has 0 spiro atoms. The molecule has 0 fully saturated rings. The SMILES string of the molecule is CONCC(C)Cc1ccc(C(C)(C)C)cc1.Cn1cc(C(=O)O)c(C(F)F)n1. The third-order valence-electron chi connectivity index (χ3n) is 4.27. The molecule has 1 unspecified atom stereocenters. The summed E-state index contributed by atoms with van der Waals surface area (Å²) in [6.07, 6.45) is -0.720. The van der Waals surface area contributed by atoms with Crippen molar-refractivity contribution in [1.82, 2.24) is 15.3 Å². The Labute approximate surface area is 170 Å². The van der Waals surface area contributed by atoms with Gasteiger partial charge in [0, 0.05) is 19.8 Å². The van der Waals surface area contributed by atoms with Gasteiger partial charge in [0.15, 0.2) is 0 Å². The van der Waals surface area contributed by atoms with Crippen molar-refractivity contribution >= 4 is 5.97 Å². The van der Waals surface area contributed by atoms with E-state index in [-0.39, 0.29) is 5.41 Å². The van der Waals surface area contributed by atoms with E-state index < -0.39 is 23.7 Å². The van der Waals surface area contributed by atoms with Gasteiger partial charge in [-0.3, -0.25) is 4.68 Å². The largest absolute Gasteiger partial charge is 0.478 e. The van der Waals surface area contributed by atoms with Crippen LogP contribution in [0.4, 0.5) is 8.78 Å².